The number of carboxylic acids is 2. The fourth-order valence-corrected chi connectivity index (χ4v) is 1.42. The summed E-state index contributed by atoms with van der Waals surface area (Å²) in [5.41, 5.74) is 8.76. The van der Waals surface area contributed by atoms with E-state index in [9.17, 15) is 9.59 Å². The van der Waals surface area contributed by atoms with Gasteiger partial charge in [-0.25, -0.2) is 4.79 Å². The van der Waals surface area contributed by atoms with Crippen LogP contribution in [0.5, 0.6) is 0 Å². The van der Waals surface area contributed by atoms with Crippen LogP contribution in [0.2, 0.25) is 0 Å². The molecule has 0 saturated carbocycles. The number of carbonyl (C=O) groups is 2. The lowest BCUT2D eigenvalue weighted by molar-refractivity contribution is -0.143. The fourth-order valence-electron chi connectivity index (χ4n) is 1.42. The van der Waals surface area contributed by atoms with Gasteiger partial charge in [-0.2, -0.15) is 0 Å². The number of aliphatic carboxylic acids is 2. The fraction of sp³-hybridized carbons (Fsp3) is 0.800. The number of carboxylic acid groups (broad SMARTS) is 2. The van der Waals surface area contributed by atoms with Gasteiger partial charge in [0.05, 0.1) is 0 Å². The molecule has 7 nitrogen and oxygen atoms in total. The van der Waals surface area contributed by atoms with E-state index in [4.69, 9.17) is 21.7 Å². The summed E-state index contributed by atoms with van der Waals surface area (Å²) >= 11 is 0. The maximum Gasteiger partial charge on any atom is 0.338 e. The molecule has 1 aliphatic rings. The summed E-state index contributed by atoms with van der Waals surface area (Å²) in [4.78, 5) is 20.3. The average Bonchev–Trinajstić information content (AvgIpc) is 2.70. The molecule has 0 unspecified atom stereocenters. The zero-order valence-electron chi connectivity index (χ0n) is 9.98. The van der Waals surface area contributed by atoms with Crippen LogP contribution in [0.1, 0.15) is 32.6 Å². The molecule has 0 aromatic carbocycles. The molecule has 100 valence electrons. The van der Waals surface area contributed by atoms with Gasteiger partial charge in [0.25, 0.3) is 0 Å². The predicted molar refractivity (Wildman–Crippen MR) is 62.3 cm³/mol. The number of hydrogen-bond acceptors (Lipinski definition) is 5. The average molecular weight is 247 g/mol. The standard InChI is InChI=1S/C5H12N2O2.C5H9NO2/c1-2-3-5(6,7)4(8)9;7-5(8)4-2-1-3-6-4/h2-3,6-7H2,1H3,(H,8,9);4,6H,1-3H2,(H,7,8)/t;4-/m.1/s1. The molecular weight excluding hydrogens is 226 g/mol. The van der Waals surface area contributed by atoms with Crippen LogP contribution in [0.3, 0.4) is 0 Å². The lowest BCUT2D eigenvalue weighted by Gasteiger charge is -2.16. The summed E-state index contributed by atoms with van der Waals surface area (Å²) < 4.78 is 0. The van der Waals surface area contributed by atoms with Crippen LogP contribution in [-0.2, 0) is 9.59 Å². The lowest BCUT2D eigenvalue weighted by Crippen LogP contribution is -2.56. The maximum absolute atomic E-state index is 10.2. The monoisotopic (exact) mass is 247 g/mol. The minimum Gasteiger partial charge on any atom is -0.480 e. The molecule has 17 heavy (non-hydrogen) atoms. The van der Waals surface area contributed by atoms with Crippen molar-refractivity contribution in [3.05, 3.63) is 0 Å². The minimum absolute atomic E-state index is 0.269. The van der Waals surface area contributed by atoms with Crippen molar-refractivity contribution in [3.8, 4) is 0 Å². The third kappa shape index (κ3) is 6.20. The summed E-state index contributed by atoms with van der Waals surface area (Å²) in [5, 5.41) is 19.5. The van der Waals surface area contributed by atoms with Gasteiger partial charge >= 0.3 is 11.9 Å². The normalized spacial score (nSPS) is 19.4. The first-order chi connectivity index (χ1) is 7.81. The van der Waals surface area contributed by atoms with Crippen LogP contribution >= 0.6 is 0 Å². The van der Waals surface area contributed by atoms with E-state index >= 15 is 0 Å². The molecule has 0 amide bonds. The molecule has 0 bridgehead atoms. The largest absolute Gasteiger partial charge is 0.480 e. The van der Waals surface area contributed by atoms with Gasteiger partial charge < -0.3 is 27.0 Å². The van der Waals surface area contributed by atoms with Crippen LogP contribution in [0, 0.1) is 0 Å². The molecule has 0 aromatic rings. The maximum atomic E-state index is 10.2. The second-order valence-electron chi connectivity index (χ2n) is 4.08. The van der Waals surface area contributed by atoms with E-state index in [1.807, 2.05) is 6.92 Å². The van der Waals surface area contributed by atoms with Crippen molar-refractivity contribution in [1.29, 1.82) is 0 Å². The number of rotatable bonds is 4. The van der Waals surface area contributed by atoms with E-state index in [1.54, 1.807) is 0 Å². The Labute approximate surface area is 100 Å². The summed E-state index contributed by atoms with van der Waals surface area (Å²) in [6.07, 6.45) is 2.77. The first-order valence-electron chi connectivity index (χ1n) is 5.58. The molecule has 0 spiro atoms. The van der Waals surface area contributed by atoms with Gasteiger partial charge in [0, 0.05) is 0 Å². The van der Waals surface area contributed by atoms with E-state index < -0.39 is 17.6 Å². The molecule has 1 heterocycles. The van der Waals surface area contributed by atoms with Gasteiger partial charge in [0.1, 0.15) is 6.04 Å². The van der Waals surface area contributed by atoms with Crippen LogP contribution < -0.4 is 16.8 Å². The quantitative estimate of drug-likeness (QED) is 0.414. The predicted octanol–water partition coefficient (Wildman–Crippen LogP) is -0.692. The highest BCUT2D eigenvalue weighted by atomic mass is 16.4. The number of nitrogens with two attached hydrogens (primary N) is 2. The Kier molecular flexibility index (Phi) is 6.71. The summed E-state index contributed by atoms with van der Waals surface area (Å²) in [7, 11) is 0. The van der Waals surface area contributed by atoms with Crippen molar-refractivity contribution < 1.29 is 19.8 Å². The molecule has 1 saturated heterocycles. The molecule has 0 aromatic heterocycles. The van der Waals surface area contributed by atoms with Crippen LogP contribution in [-0.4, -0.2) is 40.4 Å². The van der Waals surface area contributed by atoms with Crippen molar-refractivity contribution in [2.75, 3.05) is 6.54 Å². The highest BCUT2D eigenvalue weighted by molar-refractivity contribution is 5.77. The summed E-state index contributed by atoms with van der Waals surface area (Å²) in [6.45, 7) is 2.69. The van der Waals surface area contributed by atoms with Crippen molar-refractivity contribution >= 4 is 11.9 Å². The van der Waals surface area contributed by atoms with Crippen LogP contribution in [0.4, 0.5) is 0 Å². The minimum atomic E-state index is -1.53. The number of hydrogen-bond donors (Lipinski definition) is 5. The molecule has 0 aliphatic carbocycles. The summed E-state index contributed by atoms with van der Waals surface area (Å²) in [6, 6.07) is -0.269. The van der Waals surface area contributed by atoms with Gasteiger partial charge in [-0.05, 0) is 25.8 Å². The van der Waals surface area contributed by atoms with E-state index in [1.165, 1.54) is 0 Å². The smallest absolute Gasteiger partial charge is 0.338 e. The Morgan fingerprint density at radius 3 is 2.18 bits per heavy atom. The SMILES string of the molecule is CCCC(N)(N)C(=O)O.O=C(O)[C@H]1CCCN1. The van der Waals surface area contributed by atoms with E-state index in [0.717, 1.165) is 19.4 Å². The van der Waals surface area contributed by atoms with E-state index in [0.29, 0.717) is 12.8 Å². The van der Waals surface area contributed by atoms with Crippen LogP contribution in [0.15, 0.2) is 0 Å². The first-order valence-corrected chi connectivity index (χ1v) is 5.58. The second kappa shape index (κ2) is 7.21. The molecule has 7 heteroatoms. The molecule has 1 aliphatic heterocycles. The second-order valence-corrected chi connectivity index (χ2v) is 4.08. The van der Waals surface area contributed by atoms with Gasteiger partial charge in [-0.15, -0.1) is 0 Å². The molecule has 1 rings (SSSR count). The molecule has 0 radical (unpaired) electrons. The molecule has 7 N–H and O–H groups in total. The lowest BCUT2D eigenvalue weighted by atomic mass is 10.1. The highest BCUT2D eigenvalue weighted by Crippen LogP contribution is 2.03. The van der Waals surface area contributed by atoms with Gasteiger partial charge in [-0.3, -0.25) is 4.79 Å². The molecule has 1 fully saturated rings. The highest BCUT2D eigenvalue weighted by Gasteiger charge is 2.26. The Balaban J connectivity index is 0.000000302. The van der Waals surface area contributed by atoms with Crippen molar-refractivity contribution in [2.45, 2.75) is 44.3 Å². The topological polar surface area (TPSA) is 139 Å². The van der Waals surface area contributed by atoms with E-state index in [-0.39, 0.29) is 6.04 Å². The summed E-state index contributed by atoms with van der Waals surface area (Å²) in [5.74, 6) is -1.87. The third-order valence-corrected chi connectivity index (χ3v) is 2.42. The third-order valence-electron chi connectivity index (χ3n) is 2.42. The zero-order valence-corrected chi connectivity index (χ0v) is 9.98. The van der Waals surface area contributed by atoms with Crippen molar-refractivity contribution in [1.82, 2.24) is 5.32 Å². The first kappa shape index (κ1) is 15.8. The Morgan fingerprint density at radius 2 is 2.00 bits per heavy atom. The van der Waals surface area contributed by atoms with E-state index in [2.05, 4.69) is 5.32 Å². The van der Waals surface area contributed by atoms with Crippen molar-refractivity contribution in [3.63, 3.8) is 0 Å². The Hall–Kier alpha value is -1.18. The Morgan fingerprint density at radius 1 is 1.41 bits per heavy atom. The zero-order chi connectivity index (χ0) is 13.5. The molecule has 1 atom stereocenters. The number of nitrogens with one attached hydrogen (secondary N) is 1. The van der Waals surface area contributed by atoms with Gasteiger partial charge in [0.2, 0.25) is 0 Å². The Bertz CT molecular complexity index is 262. The molecular formula is C10H21N3O4. The van der Waals surface area contributed by atoms with Crippen LogP contribution in [0.25, 0.3) is 0 Å². The van der Waals surface area contributed by atoms with Crippen molar-refractivity contribution in [2.24, 2.45) is 11.5 Å². The van der Waals surface area contributed by atoms with Gasteiger partial charge in [-0.1, -0.05) is 13.3 Å². The van der Waals surface area contributed by atoms with Gasteiger partial charge in [0.15, 0.2) is 5.66 Å².